The molecule has 0 amide bonds. The first-order valence-electron chi connectivity index (χ1n) is 5.88. The van der Waals surface area contributed by atoms with E-state index in [4.69, 9.17) is 0 Å². The van der Waals surface area contributed by atoms with E-state index in [1.807, 2.05) is 0 Å². The van der Waals surface area contributed by atoms with Crippen molar-refractivity contribution in [2.45, 2.75) is 20.8 Å². The molecule has 16 heavy (non-hydrogen) atoms. The van der Waals surface area contributed by atoms with Crippen LogP contribution in [-0.4, -0.2) is 63.3 Å². The van der Waals surface area contributed by atoms with Crippen molar-refractivity contribution in [3.05, 3.63) is 0 Å². The molecule has 0 aliphatic heterocycles. The first kappa shape index (κ1) is 18.3. The third-order valence-electron chi connectivity index (χ3n) is 2.25. The number of likely N-dealkylation sites (N-methyl/N-ethyl adjacent to an activating group) is 1. The van der Waals surface area contributed by atoms with Crippen molar-refractivity contribution >= 4 is 8.69 Å². The third kappa shape index (κ3) is 16.4. The van der Waals surface area contributed by atoms with Gasteiger partial charge in [0, 0.05) is 0 Å². The summed E-state index contributed by atoms with van der Waals surface area (Å²) in [4.78, 5) is 2.38. The average Bonchev–Trinajstić information content (AvgIpc) is 2.20. The van der Waals surface area contributed by atoms with Crippen LogP contribution in [0.15, 0.2) is 0 Å². The summed E-state index contributed by atoms with van der Waals surface area (Å²) in [6, 6.07) is 0. The molecule has 0 unspecified atom stereocenters. The smallest absolute Gasteiger partial charge is 0.327 e. The van der Waals surface area contributed by atoms with E-state index in [0.29, 0.717) is 6.61 Å². The van der Waals surface area contributed by atoms with Crippen molar-refractivity contribution in [2.24, 2.45) is 0 Å². The summed E-state index contributed by atoms with van der Waals surface area (Å²) in [5, 5.41) is 0. The lowest BCUT2D eigenvalue weighted by Crippen LogP contribution is -2.37. The van der Waals surface area contributed by atoms with Crippen molar-refractivity contribution in [2.75, 3.05) is 53.9 Å². The van der Waals surface area contributed by atoms with E-state index in [0.717, 1.165) is 11.0 Å². The van der Waals surface area contributed by atoms with E-state index in [9.17, 15) is 4.57 Å². The molecule has 0 aliphatic carbocycles. The van der Waals surface area contributed by atoms with Gasteiger partial charge in [-0.3, -0.25) is 4.52 Å². The molecule has 0 aromatic rings. The van der Waals surface area contributed by atoms with Crippen LogP contribution in [0.2, 0.25) is 0 Å². The molecule has 0 aromatic carbocycles. The van der Waals surface area contributed by atoms with Gasteiger partial charge in [0.2, 0.25) is 0 Å². The second kappa shape index (κ2) is 11.5. The van der Waals surface area contributed by atoms with Crippen LogP contribution in [0.25, 0.3) is 0 Å². The van der Waals surface area contributed by atoms with E-state index in [-0.39, 0.29) is 8.69 Å². The lowest BCUT2D eigenvalue weighted by atomic mass is 10.5. The van der Waals surface area contributed by atoms with Gasteiger partial charge in [0.25, 0.3) is 0 Å². The van der Waals surface area contributed by atoms with Crippen LogP contribution in [0, 0.1) is 0 Å². The Morgan fingerprint density at radius 2 is 1.50 bits per heavy atom. The van der Waals surface area contributed by atoms with E-state index < -0.39 is 0 Å². The van der Waals surface area contributed by atoms with Gasteiger partial charge in [-0.05, 0) is 19.6 Å². The van der Waals surface area contributed by atoms with Gasteiger partial charge in [0.05, 0.1) is 21.1 Å². The summed E-state index contributed by atoms with van der Waals surface area (Å²) in [6.45, 7) is 11.6. The predicted octanol–water partition coefficient (Wildman–Crippen LogP) is 2.26. The van der Waals surface area contributed by atoms with E-state index in [1.165, 1.54) is 19.6 Å². The molecule has 0 rings (SSSR count). The van der Waals surface area contributed by atoms with Gasteiger partial charge in [0.15, 0.2) is 0 Å². The lowest BCUT2D eigenvalue weighted by Gasteiger charge is -2.22. The first-order valence-corrected chi connectivity index (χ1v) is 6.61. The van der Waals surface area contributed by atoms with Gasteiger partial charge < -0.3 is 9.38 Å². The fourth-order valence-electron chi connectivity index (χ4n) is 1.02. The Labute approximate surface area is 102 Å². The molecule has 0 saturated carbocycles. The molecule has 0 bridgehead atoms. The summed E-state index contributed by atoms with van der Waals surface area (Å²) in [5.41, 5.74) is 0. The zero-order chi connectivity index (χ0) is 13.0. The topological polar surface area (TPSA) is 29.5 Å². The Hall–Kier alpha value is -0.0200. The monoisotopic (exact) mass is 251 g/mol. The SMILES string of the molecule is CCN(CC)CC.C[N+](C)(C)CCOP=O. The van der Waals surface area contributed by atoms with Crippen LogP contribution in [0.5, 0.6) is 0 Å². The fraction of sp³-hybridized carbons (Fsp3) is 1.00. The Morgan fingerprint density at radius 1 is 1.06 bits per heavy atom. The van der Waals surface area contributed by atoms with E-state index in [2.05, 4.69) is 51.3 Å². The second-order valence-electron chi connectivity index (χ2n) is 4.54. The van der Waals surface area contributed by atoms with Crippen LogP contribution in [0.4, 0.5) is 0 Å². The maximum Gasteiger partial charge on any atom is 0.327 e. The maximum atomic E-state index is 9.76. The van der Waals surface area contributed by atoms with Crippen molar-refractivity contribution in [3.8, 4) is 0 Å². The summed E-state index contributed by atoms with van der Waals surface area (Å²) in [6.07, 6.45) is 0. The van der Waals surface area contributed by atoms with Crippen molar-refractivity contribution in [1.29, 1.82) is 0 Å². The highest BCUT2D eigenvalue weighted by Gasteiger charge is 2.04. The van der Waals surface area contributed by atoms with Crippen LogP contribution in [-0.2, 0) is 9.09 Å². The summed E-state index contributed by atoms with van der Waals surface area (Å²) in [5.74, 6) is 0. The van der Waals surface area contributed by atoms with Gasteiger partial charge in [0.1, 0.15) is 13.2 Å². The Balaban J connectivity index is 0. The largest absolute Gasteiger partial charge is 0.329 e. The third-order valence-corrected chi connectivity index (χ3v) is 2.54. The molecular weight excluding hydrogens is 223 g/mol. The molecule has 0 radical (unpaired) electrons. The van der Waals surface area contributed by atoms with Gasteiger partial charge in [-0.15, -0.1) is 0 Å². The lowest BCUT2D eigenvalue weighted by molar-refractivity contribution is -0.870. The maximum absolute atomic E-state index is 9.76. The summed E-state index contributed by atoms with van der Waals surface area (Å²) < 4.78 is 15.2. The number of quaternary nitrogens is 1. The quantitative estimate of drug-likeness (QED) is 0.395. The van der Waals surface area contributed by atoms with Crippen LogP contribution in [0.1, 0.15) is 20.8 Å². The minimum atomic E-state index is -0.217. The molecule has 0 atom stereocenters. The molecule has 0 aromatic heterocycles. The number of hydrogen-bond acceptors (Lipinski definition) is 3. The predicted molar refractivity (Wildman–Crippen MR) is 69.9 cm³/mol. The second-order valence-corrected chi connectivity index (χ2v) is 4.95. The molecule has 4 nitrogen and oxygen atoms in total. The zero-order valence-electron chi connectivity index (χ0n) is 11.7. The van der Waals surface area contributed by atoms with Crippen molar-refractivity contribution in [1.82, 2.24) is 4.90 Å². The molecule has 0 N–H and O–H groups in total. The minimum absolute atomic E-state index is 0.217. The van der Waals surface area contributed by atoms with Gasteiger partial charge in [-0.2, -0.15) is 0 Å². The summed E-state index contributed by atoms with van der Waals surface area (Å²) >= 11 is 0. The zero-order valence-corrected chi connectivity index (χ0v) is 12.6. The minimum Gasteiger partial charge on any atom is -0.329 e. The summed E-state index contributed by atoms with van der Waals surface area (Å²) in [7, 11) is 5.96. The Morgan fingerprint density at radius 3 is 1.69 bits per heavy atom. The Kier molecular flexibility index (Phi) is 13.1. The Bertz CT molecular complexity index is 151. The molecule has 0 spiro atoms. The molecule has 0 heterocycles. The van der Waals surface area contributed by atoms with Crippen LogP contribution in [0.3, 0.4) is 0 Å². The standard InChI is InChI=1S/C6H15N.C5H13NO2P/c1-4-7(5-2)6-3;1-6(2,3)4-5-8-9-7/h4-6H2,1-3H3;4-5H2,1-3H3/q;+1. The molecule has 0 aliphatic rings. The van der Waals surface area contributed by atoms with E-state index >= 15 is 0 Å². The van der Waals surface area contributed by atoms with Crippen LogP contribution < -0.4 is 0 Å². The van der Waals surface area contributed by atoms with Gasteiger partial charge in [-0.1, -0.05) is 20.8 Å². The average molecular weight is 251 g/mol. The highest BCUT2D eigenvalue weighted by molar-refractivity contribution is 7.17. The number of nitrogens with zero attached hydrogens (tertiary/aromatic N) is 2. The van der Waals surface area contributed by atoms with Crippen molar-refractivity contribution < 1.29 is 13.6 Å². The van der Waals surface area contributed by atoms with Crippen LogP contribution >= 0.6 is 8.69 Å². The molecule has 5 heteroatoms. The molecule has 0 saturated heterocycles. The normalized spacial score (nSPS) is 11.4. The highest BCUT2D eigenvalue weighted by atomic mass is 31.1. The fourth-order valence-corrected chi connectivity index (χ4v) is 1.18. The first-order chi connectivity index (χ1) is 7.41. The van der Waals surface area contributed by atoms with Gasteiger partial charge >= 0.3 is 8.69 Å². The molecule has 98 valence electrons. The highest BCUT2D eigenvalue weighted by Crippen LogP contribution is 1.96. The van der Waals surface area contributed by atoms with Gasteiger partial charge in [-0.25, -0.2) is 4.57 Å². The van der Waals surface area contributed by atoms with E-state index in [1.54, 1.807) is 0 Å². The van der Waals surface area contributed by atoms with Crippen molar-refractivity contribution in [3.63, 3.8) is 0 Å². The molecular formula is C11H28N2O2P+. The molecule has 0 fully saturated rings. The number of hydrogen-bond donors (Lipinski definition) is 0. The number of rotatable bonds is 7.